The second kappa shape index (κ2) is 14.4. The predicted octanol–water partition coefficient (Wildman–Crippen LogP) is 5.01. The molecule has 1 heterocycles. The highest BCUT2D eigenvalue weighted by Gasteiger charge is 2.54. The van der Waals surface area contributed by atoms with Crippen molar-refractivity contribution in [3.63, 3.8) is 0 Å². The fourth-order valence-electron chi connectivity index (χ4n) is 3.77. The maximum atomic E-state index is 13.4. The van der Waals surface area contributed by atoms with Crippen LogP contribution in [0.15, 0.2) is 23.2 Å². The van der Waals surface area contributed by atoms with Gasteiger partial charge in [-0.1, -0.05) is 0 Å². The summed E-state index contributed by atoms with van der Waals surface area (Å²) in [7, 11) is 1.42. The number of carbonyl (C=O) groups excluding carboxylic acids is 4. The molecule has 1 aromatic carbocycles. The van der Waals surface area contributed by atoms with Crippen LogP contribution in [0.4, 0.5) is 0 Å². The second-order valence-electron chi connectivity index (χ2n) is 15.5. The van der Waals surface area contributed by atoms with Gasteiger partial charge in [-0.25, -0.2) is 0 Å². The number of esters is 4. The molecule has 0 bridgehead atoms. The molecule has 12 heteroatoms. The maximum absolute atomic E-state index is 13.4. The normalized spacial score (nSPS) is 22.6. The molecule has 1 fully saturated rings. The lowest BCUT2D eigenvalue weighted by Crippen LogP contribution is -2.63. The Morgan fingerprint density at radius 1 is 0.739 bits per heavy atom. The van der Waals surface area contributed by atoms with Gasteiger partial charge in [-0.2, -0.15) is 0 Å². The fraction of sp³-hybridized carbons (Fsp3) is 0.676. The van der Waals surface area contributed by atoms with E-state index >= 15 is 0 Å². The minimum atomic E-state index is -1.41. The largest absolute Gasteiger partial charge is 0.504 e. The van der Waals surface area contributed by atoms with E-state index in [1.165, 1.54) is 19.4 Å². The van der Waals surface area contributed by atoms with Crippen molar-refractivity contribution < 1.29 is 52.7 Å². The number of ether oxygens (including phenoxy) is 6. The summed E-state index contributed by atoms with van der Waals surface area (Å²) in [6, 6.07) is 4.59. The molecule has 1 aliphatic heterocycles. The highest BCUT2D eigenvalue weighted by molar-refractivity contribution is 5.81. The molecule has 1 aromatic rings. The number of aliphatic imine (C=N–C) groups is 1. The summed E-state index contributed by atoms with van der Waals surface area (Å²) >= 11 is 0. The summed E-state index contributed by atoms with van der Waals surface area (Å²) in [4.78, 5) is 57.2. The first-order valence-corrected chi connectivity index (χ1v) is 15.2. The molecule has 0 aromatic heterocycles. The summed E-state index contributed by atoms with van der Waals surface area (Å²) < 4.78 is 34.9. The van der Waals surface area contributed by atoms with Crippen molar-refractivity contribution in [3.05, 3.63) is 23.8 Å². The molecule has 1 saturated heterocycles. The number of hydrogen-bond acceptors (Lipinski definition) is 12. The number of phenolic OH excluding ortho intramolecular Hbond substituents is 1. The van der Waals surface area contributed by atoms with Gasteiger partial charge in [-0.3, -0.25) is 24.2 Å². The topological polar surface area (TPSA) is 156 Å². The Kier molecular flexibility index (Phi) is 12.1. The van der Waals surface area contributed by atoms with Crippen LogP contribution in [0.3, 0.4) is 0 Å². The number of nitrogens with zero attached hydrogens (tertiary/aromatic N) is 1. The zero-order chi connectivity index (χ0) is 35.4. The van der Waals surface area contributed by atoms with E-state index in [1.807, 2.05) is 0 Å². The van der Waals surface area contributed by atoms with Gasteiger partial charge < -0.3 is 33.5 Å². The number of carbonyl (C=O) groups is 4. The first-order chi connectivity index (χ1) is 20.9. The van der Waals surface area contributed by atoms with Crippen molar-refractivity contribution in [1.29, 1.82) is 0 Å². The number of aromatic hydroxyl groups is 1. The zero-order valence-corrected chi connectivity index (χ0v) is 29.4. The minimum absolute atomic E-state index is 0.134. The molecule has 258 valence electrons. The van der Waals surface area contributed by atoms with Gasteiger partial charge in [0, 0.05) is 6.21 Å². The van der Waals surface area contributed by atoms with Crippen LogP contribution in [0.25, 0.3) is 0 Å². The van der Waals surface area contributed by atoms with E-state index in [9.17, 15) is 24.3 Å². The zero-order valence-electron chi connectivity index (χ0n) is 29.4. The lowest BCUT2D eigenvalue weighted by atomic mass is 9.92. The van der Waals surface area contributed by atoms with Gasteiger partial charge >= 0.3 is 23.9 Å². The van der Waals surface area contributed by atoms with Crippen molar-refractivity contribution in [1.82, 2.24) is 0 Å². The molecule has 0 radical (unpaired) electrons. The van der Waals surface area contributed by atoms with E-state index in [0.717, 1.165) is 0 Å². The molecule has 0 aliphatic carbocycles. The van der Waals surface area contributed by atoms with Crippen LogP contribution in [0.1, 0.15) is 88.6 Å². The van der Waals surface area contributed by atoms with Gasteiger partial charge in [-0.15, -0.1) is 0 Å². The lowest BCUT2D eigenvalue weighted by molar-refractivity contribution is -0.258. The van der Waals surface area contributed by atoms with Crippen LogP contribution in [0.2, 0.25) is 0 Å². The summed E-state index contributed by atoms with van der Waals surface area (Å²) in [6.07, 6.45) is -5.30. The Morgan fingerprint density at radius 3 is 1.63 bits per heavy atom. The Bertz CT molecular complexity index is 1290. The summed E-state index contributed by atoms with van der Waals surface area (Å²) in [6.45, 7) is 19.5. The number of rotatable bonds is 8. The molecule has 2 rings (SSSR count). The SMILES string of the molecule is COc1ccc(C=N[C@@H]2O[C@H](COC(=O)C(C)(C)C)[C@H](OC(=O)C(C)(C)C)[C@@H](OC(=O)C(C)(C)C)[C@H]2OC(=O)C(C)(C)C)cc1O. The smallest absolute Gasteiger partial charge is 0.311 e. The van der Waals surface area contributed by atoms with Gasteiger partial charge in [0.15, 0.2) is 36.0 Å². The van der Waals surface area contributed by atoms with Crippen LogP contribution in [0, 0.1) is 21.7 Å². The Hall–Kier alpha value is -3.67. The molecule has 0 spiro atoms. The fourth-order valence-corrected chi connectivity index (χ4v) is 3.77. The molecule has 5 atom stereocenters. The first kappa shape index (κ1) is 38.5. The maximum Gasteiger partial charge on any atom is 0.311 e. The van der Waals surface area contributed by atoms with Crippen molar-refractivity contribution in [2.75, 3.05) is 13.7 Å². The van der Waals surface area contributed by atoms with E-state index in [4.69, 9.17) is 28.4 Å². The lowest BCUT2D eigenvalue weighted by Gasteiger charge is -2.45. The van der Waals surface area contributed by atoms with Crippen molar-refractivity contribution in [3.8, 4) is 11.5 Å². The molecule has 0 amide bonds. The quantitative estimate of drug-likeness (QED) is 0.229. The van der Waals surface area contributed by atoms with Gasteiger partial charge in [0.05, 0.1) is 28.8 Å². The molecule has 0 unspecified atom stereocenters. The third-order valence-corrected chi connectivity index (χ3v) is 6.74. The predicted molar refractivity (Wildman–Crippen MR) is 169 cm³/mol. The van der Waals surface area contributed by atoms with Gasteiger partial charge in [0.2, 0.25) is 0 Å². The van der Waals surface area contributed by atoms with Gasteiger partial charge in [0.1, 0.15) is 12.7 Å². The molecule has 0 saturated carbocycles. The van der Waals surface area contributed by atoms with Gasteiger partial charge in [-0.05, 0) is 107 Å². The Morgan fingerprint density at radius 2 is 1.20 bits per heavy atom. The summed E-state index contributed by atoms with van der Waals surface area (Å²) in [5, 5.41) is 10.3. The minimum Gasteiger partial charge on any atom is -0.504 e. The van der Waals surface area contributed by atoms with Crippen LogP contribution in [-0.4, -0.2) is 79.6 Å². The van der Waals surface area contributed by atoms with Crippen molar-refractivity contribution >= 4 is 30.1 Å². The molecular formula is C34H51NO11. The first-order valence-electron chi connectivity index (χ1n) is 15.2. The van der Waals surface area contributed by atoms with Gasteiger partial charge in [0.25, 0.3) is 0 Å². The highest BCUT2D eigenvalue weighted by atomic mass is 16.7. The number of hydrogen-bond donors (Lipinski definition) is 1. The third kappa shape index (κ3) is 10.4. The Balaban J connectivity index is 2.74. The van der Waals surface area contributed by atoms with E-state index in [1.54, 1.807) is 95.2 Å². The molecular weight excluding hydrogens is 598 g/mol. The van der Waals surface area contributed by atoms with E-state index in [-0.39, 0.29) is 11.5 Å². The second-order valence-corrected chi connectivity index (χ2v) is 15.5. The molecule has 12 nitrogen and oxygen atoms in total. The summed E-state index contributed by atoms with van der Waals surface area (Å²) in [5.41, 5.74) is -3.37. The monoisotopic (exact) mass is 649 g/mol. The average molecular weight is 650 g/mol. The number of benzene rings is 1. The molecule has 1 aliphatic rings. The van der Waals surface area contributed by atoms with Crippen molar-refractivity contribution in [2.24, 2.45) is 26.7 Å². The van der Waals surface area contributed by atoms with Crippen LogP contribution in [0.5, 0.6) is 11.5 Å². The number of methoxy groups -OCH3 is 1. The average Bonchev–Trinajstić information content (AvgIpc) is 2.90. The highest BCUT2D eigenvalue weighted by Crippen LogP contribution is 2.35. The Labute approximate surface area is 272 Å². The third-order valence-electron chi connectivity index (χ3n) is 6.74. The summed E-state index contributed by atoms with van der Waals surface area (Å²) in [5.74, 6) is -2.40. The molecule has 46 heavy (non-hydrogen) atoms. The number of phenols is 1. The van der Waals surface area contributed by atoms with Crippen molar-refractivity contribution in [2.45, 2.75) is 114 Å². The molecule has 1 N–H and O–H groups in total. The van der Waals surface area contributed by atoms with Crippen LogP contribution >= 0.6 is 0 Å². The standard InChI is InChI=1S/C34H51NO11/c1-31(2,3)27(37)42-18-22-23(44-28(38)32(4,5)6)24(45-29(39)33(7,8)9)25(46-30(40)34(10,11)12)26(43-22)35-17-19-14-15-21(41-13)20(36)16-19/h14-17,22-26,36H,18H2,1-13H3/t22-,23+,24-,25-,26-/m1/s1. The van der Waals surface area contributed by atoms with Crippen LogP contribution < -0.4 is 4.74 Å². The van der Waals surface area contributed by atoms with E-state index < -0.39 is 82.8 Å². The van der Waals surface area contributed by atoms with E-state index in [2.05, 4.69) is 4.99 Å². The van der Waals surface area contributed by atoms with E-state index in [0.29, 0.717) is 5.56 Å². The van der Waals surface area contributed by atoms with Crippen LogP contribution in [-0.2, 0) is 42.9 Å².